The summed E-state index contributed by atoms with van der Waals surface area (Å²) in [5.74, 6) is -1.10. The van der Waals surface area contributed by atoms with Crippen molar-refractivity contribution < 1.29 is 14.4 Å². The van der Waals surface area contributed by atoms with Crippen molar-refractivity contribution in [2.45, 2.75) is 0 Å². The van der Waals surface area contributed by atoms with Crippen LogP contribution in [0.5, 0.6) is 0 Å². The Morgan fingerprint density at radius 1 is 1.16 bits per heavy atom. The van der Waals surface area contributed by atoms with Crippen LogP contribution in [0.3, 0.4) is 0 Å². The van der Waals surface area contributed by atoms with Gasteiger partial charge in [0.1, 0.15) is 0 Å². The molecule has 0 radical (unpaired) electrons. The third-order valence-corrected chi connectivity index (χ3v) is 2.15. The van der Waals surface area contributed by atoms with E-state index in [9.17, 15) is 29.8 Å². The van der Waals surface area contributed by atoms with Crippen molar-refractivity contribution in [2.75, 3.05) is 0 Å². The second-order valence-corrected chi connectivity index (χ2v) is 3.29. The summed E-state index contributed by atoms with van der Waals surface area (Å²) in [7, 11) is 0. The molecular formula is C8H4N4O7. The van der Waals surface area contributed by atoms with Gasteiger partial charge in [-0.1, -0.05) is 0 Å². The zero-order chi connectivity index (χ0) is 14.2. The van der Waals surface area contributed by atoms with E-state index in [4.69, 9.17) is 0 Å². The molecule has 0 aliphatic heterocycles. The van der Waals surface area contributed by atoms with Crippen LogP contribution in [0.25, 0.3) is 5.69 Å². The highest BCUT2D eigenvalue weighted by molar-refractivity contribution is 5.57. The van der Waals surface area contributed by atoms with E-state index < -0.39 is 32.7 Å². The van der Waals surface area contributed by atoms with Gasteiger partial charge < -0.3 is 4.52 Å². The van der Waals surface area contributed by atoms with Crippen LogP contribution in [-0.4, -0.2) is 19.6 Å². The van der Waals surface area contributed by atoms with Gasteiger partial charge in [0.05, 0.1) is 15.9 Å². The van der Waals surface area contributed by atoms with Crippen molar-refractivity contribution in [2.24, 2.45) is 0 Å². The number of nitro benzene ring substituents is 2. The quantitative estimate of drug-likeness (QED) is 0.603. The molecule has 1 aromatic carbocycles. The van der Waals surface area contributed by atoms with Crippen molar-refractivity contribution in [1.82, 2.24) is 9.72 Å². The van der Waals surface area contributed by atoms with Gasteiger partial charge in [-0.05, 0) is 6.07 Å². The van der Waals surface area contributed by atoms with Gasteiger partial charge >= 0.3 is 17.1 Å². The topological polar surface area (TPSA) is 154 Å². The Morgan fingerprint density at radius 3 is 2.32 bits per heavy atom. The predicted molar refractivity (Wildman–Crippen MR) is 58.2 cm³/mol. The first-order chi connectivity index (χ1) is 8.90. The number of H-pyrrole nitrogens is 1. The largest absolute Gasteiger partial charge is 0.440 e. The van der Waals surface area contributed by atoms with E-state index in [-0.39, 0.29) is 5.69 Å². The number of rotatable bonds is 3. The number of non-ortho nitro benzene ring substituents is 1. The predicted octanol–water partition coefficient (Wildman–Crippen LogP) is -0.0648. The third kappa shape index (κ3) is 2.11. The molecule has 98 valence electrons. The number of aromatic amines is 1. The lowest BCUT2D eigenvalue weighted by molar-refractivity contribution is -0.394. The molecule has 0 fully saturated rings. The average molecular weight is 268 g/mol. The van der Waals surface area contributed by atoms with E-state index in [1.54, 1.807) is 4.98 Å². The van der Waals surface area contributed by atoms with Gasteiger partial charge in [-0.15, -0.1) is 4.74 Å². The van der Waals surface area contributed by atoms with Gasteiger partial charge in [-0.25, -0.2) is 14.6 Å². The smallest absolute Gasteiger partial charge is 0.311 e. The Balaban J connectivity index is 2.74. The number of nitrogens with one attached hydrogen (secondary N) is 1. The van der Waals surface area contributed by atoms with Crippen molar-refractivity contribution in [3.05, 3.63) is 59.5 Å². The fraction of sp³-hybridized carbons (Fsp3) is 0. The van der Waals surface area contributed by atoms with Crippen LogP contribution < -0.4 is 11.4 Å². The summed E-state index contributed by atoms with van der Waals surface area (Å²) in [6, 6.07) is 2.55. The minimum absolute atomic E-state index is 0.351. The molecule has 0 atom stereocenters. The maximum Gasteiger partial charge on any atom is 0.440 e. The summed E-state index contributed by atoms with van der Waals surface area (Å²) in [6.45, 7) is 0. The molecule has 0 bridgehead atoms. The number of hydrogen-bond acceptors (Lipinski definition) is 7. The molecule has 2 rings (SSSR count). The first-order valence-corrected chi connectivity index (χ1v) is 4.66. The van der Waals surface area contributed by atoms with Crippen LogP contribution in [0.1, 0.15) is 0 Å². The fourth-order valence-corrected chi connectivity index (χ4v) is 1.39. The van der Waals surface area contributed by atoms with Crippen LogP contribution in [0.15, 0.2) is 32.3 Å². The van der Waals surface area contributed by atoms with Crippen molar-refractivity contribution in [3.8, 4) is 5.69 Å². The van der Waals surface area contributed by atoms with E-state index in [1.807, 2.05) is 0 Å². The third-order valence-electron chi connectivity index (χ3n) is 2.15. The summed E-state index contributed by atoms with van der Waals surface area (Å²) in [6.07, 6.45) is 0. The van der Waals surface area contributed by atoms with E-state index in [2.05, 4.69) is 4.52 Å². The minimum atomic E-state index is -1.10. The summed E-state index contributed by atoms with van der Waals surface area (Å²) in [5.41, 5.74) is -2.68. The molecule has 11 nitrogen and oxygen atoms in total. The maximum atomic E-state index is 11.3. The Bertz CT molecular complexity index is 783. The molecule has 0 unspecified atom stereocenters. The molecule has 2 aromatic rings. The lowest BCUT2D eigenvalue weighted by atomic mass is 10.2. The van der Waals surface area contributed by atoms with Crippen LogP contribution in [0, 0.1) is 20.2 Å². The molecule has 1 heterocycles. The molecule has 0 aliphatic carbocycles. The maximum absolute atomic E-state index is 11.3. The van der Waals surface area contributed by atoms with Crippen molar-refractivity contribution >= 4 is 11.4 Å². The number of aromatic nitrogens is 2. The summed E-state index contributed by atoms with van der Waals surface area (Å²) in [5, 5.41) is 21.4. The fourth-order valence-electron chi connectivity index (χ4n) is 1.39. The standard InChI is InChI=1S/C8H4N4O7/c13-7-9-8(14)19-10(7)5-2-1-4(11(15)16)3-6(5)12(17)18/h1-3H,(H,9,13,14). The Kier molecular flexibility index (Phi) is 2.71. The number of benzene rings is 1. The summed E-state index contributed by atoms with van der Waals surface area (Å²) < 4.78 is 4.76. The lowest BCUT2D eigenvalue weighted by Gasteiger charge is -2.00. The van der Waals surface area contributed by atoms with Gasteiger partial charge in [0.15, 0.2) is 5.69 Å². The van der Waals surface area contributed by atoms with Crippen LogP contribution in [0.2, 0.25) is 0 Å². The minimum Gasteiger partial charge on any atom is -0.311 e. The molecule has 19 heavy (non-hydrogen) atoms. The number of nitro groups is 2. The first kappa shape index (κ1) is 12.2. The second-order valence-electron chi connectivity index (χ2n) is 3.29. The molecule has 0 saturated carbocycles. The second kappa shape index (κ2) is 4.21. The van der Waals surface area contributed by atoms with Crippen molar-refractivity contribution in [3.63, 3.8) is 0 Å². The van der Waals surface area contributed by atoms with E-state index in [0.29, 0.717) is 10.8 Å². The Morgan fingerprint density at radius 2 is 1.84 bits per heavy atom. The SMILES string of the molecule is O=c1[nH]c(=O)n(-c2ccc([N+](=O)[O-])cc2[N+](=O)[O-])o1. The average Bonchev–Trinajstić information content (AvgIpc) is 2.67. The summed E-state index contributed by atoms with van der Waals surface area (Å²) >= 11 is 0. The van der Waals surface area contributed by atoms with Gasteiger partial charge in [-0.3, -0.25) is 20.2 Å². The van der Waals surface area contributed by atoms with Gasteiger partial charge in [-0.2, -0.15) is 0 Å². The molecule has 1 N–H and O–H groups in total. The van der Waals surface area contributed by atoms with E-state index >= 15 is 0 Å². The Hall–Kier alpha value is -3.24. The van der Waals surface area contributed by atoms with Crippen LogP contribution in [-0.2, 0) is 0 Å². The molecule has 0 spiro atoms. The zero-order valence-corrected chi connectivity index (χ0v) is 8.93. The molecule has 0 amide bonds. The number of nitrogens with zero attached hydrogens (tertiary/aromatic N) is 3. The van der Waals surface area contributed by atoms with Gasteiger partial charge in [0.2, 0.25) is 0 Å². The highest BCUT2D eigenvalue weighted by Crippen LogP contribution is 2.26. The van der Waals surface area contributed by atoms with E-state index in [1.165, 1.54) is 0 Å². The zero-order valence-electron chi connectivity index (χ0n) is 8.93. The highest BCUT2D eigenvalue weighted by Gasteiger charge is 2.23. The number of hydrogen-bond donors (Lipinski definition) is 1. The monoisotopic (exact) mass is 268 g/mol. The van der Waals surface area contributed by atoms with Gasteiger partial charge in [0, 0.05) is 6.07 Å². The van der Waals surface area contributed by atoms with Crippen LogP contribution in [0.4, 0.5) is 11.4 Å². The van der Waals surface area contributed by atoms with Crippen LogP contribution >= 0.6 is 0 Å². The molecule has 0 saturated heterocycles. The van der Waals surface area contributed by atoms with E-state index in [0.717, 1.165) is 12.1 Å². The highest BCUT2D eigenvalue weighted by atomic mass is 16.6. The molecule has 11 heteroatoms. The normalized spacial score (nSPS) is 10.3. The summed E-state index contributed by atoms with van der Waals surface area (Å²) in [4.78, 5) is 43.4. The lowest BCUT2D eigenvalue weighted by Crippen LogP contribution is -2.16. The molecule has 1 aromatic heterocycles. The molecular weight excluding hydrogens is 264 g/mol. The van der Waals surface area contributed by atoms with Gasteiger partial charge in [0.25, 0.3) is 5.69 Å². The molecule has 0 aliphatic rings. The first-order valence-electron chi connectivity index (χ1n) is 4.66. The van der Waals surface area contributed by atoms with Crippen molar-refractivity contribution in [1.29, 1.82) is 0 Å². The Labute approximate surface area is 102 Å².